The Kier molecular flexibility index (Phi) is 5.07. The van der Waals surface area contributed by atoms with E-state index < -0.39 is 20.1 Å². The van der Waals surface area contributed by atoms with Gasteiger partial charge in [-0.1, -0.05) is 0 Å². The summed E-state index contributed by atoms with van der Waals surface area (Å²) in [6, 6.07) is 6.01. The van der Waals surface area contributed by atoms with Gasteiger partial charge < -0.3 is 5.73 Å². The molecule has 0 amide bonds. The number of hydrogen-bond acceptors (Lipinski definition) is 6. The van der Waals surface area contributed by atoms with Gasteiger partial charge in [0.2, 0.25) is 10.0 Å². The molecule has 0 radical (unpaired) electrons. The van der Waals surface area contributed by atoms with Crippen LogP contribution in [0.15, 0.2) is 29.2 Å². The molecule has 1 saturated heterocycles. The van der Waals surface area contributed by atoms with E-state index >= 15 is 0 Å². The zero-order chi connectivity index (χ0) is 16.4. The van der Waals surface area contributed by atoms with Gasteiger partial charge in [-0.25, -0.2) is 8.42 Å². The molecule has 1 heterocycles. The van der Waals surface area contributed by atoms with Gasteiger partial charge in [0.05, 0.1) is 10.6 Å². The number of sulfonamides is 1. The van der Waals surface area contributed by atoms with E-state index in [0.29, 0.717) is 18.8 Å². The molecule has 10 heteroatoms. The van der Waals surface area contributed by atoms with E-state index in [4.69, 9.17) is 10.3 Å². The maximum absolute atomic E-state index is 12.5. The van der Waals surface area contributed by atoms with Crippen molar-refractivity contribution in [3.63, 3.8) is 0 Å². The van der Waals surface area contributed by atoms with Crippen LogP contribution >= 0.6 is 0 Å². The lowest BCUT2D eigenvalue weighted by atomic mass is 10.3. The van der Waals surface area contributed by atoms with Crippen molar-refractivity contribution in [2.24, 2.45) is 0 Å². The Morgan fingerprint density at radius 1 is 1.00 bits per heavy atom. The number of piperazine rings is 1. The van der Waals surface area contributed by atoms with Gasteiger partial charge in [0.25, 0.3) is 10.1 Å². The normalized spacial score (nSPS) is 18.4. The Balaban J connectivity index is 1.97. The third-order valence-corrected chi connectivity index (χ3v) is 6.13. The molecule has 1 fully saturated rings. The van der Waals surface area contributed by atoms with Gasteiger partial charge in [0.15, 0.2) is 0 Å². The lowest BCUT2D eigenvalue weighted by Gasteiger charge is -2.33. The fourth-order valence-electron chi connectivity index (χ4n) is 2.23. The largest absolute Gasteiger partial charge is 0.399 e. The number of nitrogens with two attached hydrogens (primary N) is 1. The summed E-state index contributed by atoms with van der Waals surface area (Å²) in [5, 5.41) is 0. The van der Waals surface area contributed by atoms with Gasteiger partial charge in [0.1, 0.15) is 0 Å². The summed E-state index contributed by atoms with van der Waals surface area (Å²) < 4.78 is 56.4. The first-order chi connectivity index (χ1) is 10.2. The van der Waals surface area contributed by atoms with Crippen molar-refractivity contribution in [2.45, 2.75) is 4.90 Å². The topological polar surface area (TPSA) is 121 Å². The van der Waals surface area contributed by atoms with E-state index in [2.05, 4.69) is 0 Å². The van der Waals surface area contributed by atoms with Crippen LogP contribution in [0.2, 0.25) is 0 Å². The van der Waals surface area contributed by atoms with E-state index in [-0.39, 0.29) is 30.3 Å². The quantitative estimate of drug-likeness (QED) is 0.541. The first kappa shape index (κ1) is 17.2. The van der Waals surface area contributed by atoms with Crippen LogP contribution in [0, 0.1) is 0 Å². The highest BCUT2D eigenvalue weighted by Gasteiger charge is 2.28. The minimum absolute atomic E-state index is 0.188. The van der Waals surface area contributed by atoms with Crippen LogP contribution in [0.4, 0.5) is 5.69 Å². The lowest BCUT2D eigenvalue weighted by molar-refractivity contribution is 0.196. The van der Waals surface area contributed by atoms with Crippen molar-refractivity contribution in [3.8, 4) is 0 Å². The predicted octanol–water partition coefficient (Wildman–Crippen LogP) is -0.537. The van der Waals surface area contributed by atoms with Crippen LogP contribution < -0.4 is 5.73 Å². The van der Waals surface area contributed by atoms with Crippen LogP contribution in [0.5, 0.6) is 0 Å². The van der Waals surface area contributed by atoms with Crippen LogP contribution in [0.1, 0.15) is 0 Å². The highest BCUT2D eigenvalue weighted by Crippen LogP contribution is 2.18. The molecule has 3 N–H and O–H groups in total. The Labute approximate surface area is 130 Å². The van der Waals surface area contributed by atoms with Crippen molar-refractivity contribution in [1.82, 2.24) is 9.21 Å². The third kappa shape index (κ3) is 4.40. The fraction of sp³-hybridized carbons (Fsp3) is 0.500. The van der Waals surface area contributed by atoms with Gasteiger partial charge in [-0.3, -0.25) is 9.45 Å². The molecular weight excluding hydrogens is 330 g/mol. The van der Waals surface area contributed by atoms with Crippen molar-refractivity contribution in [1.29, 1.82) is 0 Å². The molecule has 0 unspecified atom stereocenters. The zero-order valence-corrected chi connectivity index (χ0v) is 13.6. The molecule has 0 aliphatic carbocycles. The number of rotatable bonds is 5. The van der Waals surface area contributed by atoms with E-state index in [1.165, 1.54) is 28.6 Å². The minimum atomic E-state index is -4.00. The van der Waals surface area contributed by atoms with Gasteiger partial charge in [0, 0.05) is 38.4 Å². The maximum Gasteiger partial charge on any atom is 0.266 e. The second-order valence-electron chi connectivity index (χ2n) is 5.10. The Bertz CT molecular complexity index is 708. The molecule has 1 aromatic carbocycles. The molecule has 0 spiro atoms. The average molecular weight is 349 g/mol. The highest BCUT2D eigenvalue weighted by atomic mass is 32.2. The van der Waals surface area contributed by atoms with Crippen LogP contribution in [-0.4, -0.2) is 69.1 Å². The van der Waals surface area contributed by atoms with E-state index in [1.807, 2.05) is 4.90 Å². The lowest BCUT2D eigenvalue weighted by Crippen LogP contribution is -2.49. The first-order valence-electron chi connectivity index (χ1n) is 6.72. The van der Waals surface area contributed by atoms with Crippen molar-refractivity contribution < 1.29 is 21.4 Å². The summed E-state index contributed by atoms with van der Waals surface area (Å²) in [6.07, 6.45) is 0. The molecule has 0 bridgehead atoms. The van der Waals surface area contributed by atoms with E-state index in [9.17, 15) is 16.8 Å². The number of anilines is 1. The maximum atomic E-state index is 12.5. The number of hydrogen-bond donors (Lipinski definition) is 2. The number of nitrogens with zero attached hydrogens (tertiary/aromatic N) is 2. The van der Waals surface area contributed by atoms with Crippen molar-refractivity contribution in [2.75, 3.05) is 44.2 Å². The summed E-state index contributed by atoms with van der Waals surface area (Å²) in [5.74, 6) is -0.349. The summed E-state index contributed by atoms with van der Waals surface area (Å²) >= 11 is 0. The molecule has 22 heavy (non-hydrogen) atoms. The number of nitrogen functional groups attached to an aromatic ring is 1. The van der Waals surface area contributed by atoms with E-state index in [0.717, 1.165) is 0 Å². The average Bonchev–Trinajstić information content (AvgIpc) is 2.45. The van der Waals surface area contributed by atoms with Crippen LogP contribution in [0.25, 0.3) is 0 Å². The van der Waals surface area contributed by atoms with Gasteiger partial charge in [-0.05, 0) is 24.3 Å². The third-order valence-electron chi connectivity index (χ3n) is 3.51. The predicted molar refractivity (Wildman–Crippen MR) is 82.5 cm³/mol. The zero-order valence-electron chi connectivity index (χ0n) is 11.9. The standard InChI is InChI=1S/C12H19N3O5S2/c13-11-1-3-12(4-2-11)22(19,20)15-7-5-14(6-8-15)9-10-21(16,17)18/h1-4H,5-10,13H2,(H,16,17,18). The molecular formula is C12H19N3O5S2. The van der Waals surface area contributed by atoms with Crippen molar-refractivity contribution in [3.05, 3.63) is 24.3 Å². The second kappa shape index (κ2) is 6.50. The molecule has 1 aromatic rings. The van der Waals surface area contributed by atoms with Crippen LogP contribution in [-0.2, 0) is 20.1 Å². The monoisotopic (exact) mass is 349 g/mol. The first-order valence-corrected chi connectivity index (χ1v) is 9.77. The SMILES string of the molecule is Nc1ccc(S(=O)(=O)N2CCN(CCS(=O)(=O)O)CC2)cc1. The Morgan fingerprint density at radius 2 is 1.55 bits per heavy atom. The Morgan fingerprint density at radius 3 is 2.05 bits per heavy atom. The van der Waals surface area contributed by atoms with Gasteiger partial charge in [-0.2, -0.15) is 12.7 Å². The summed E-state index contributed by atoms with van der Waals surface area (Å²) in [5.41, 5.74) is 6.04. The van der Waals surface area contributed by atoms with Crippen molar-refractivity contribution >= 4 is 25.8 Å². The molecule has 124 valence electrons. The Hall–Kier alpha value is -1.20. The van der Waals surface area contributed by atoms with Gasteiger partial charge >= 0.3 is 0 Å². The van der Waals surface area contributed by atoms with E-state index in [1.54, 1.807) is 0 Å². The summed E-state index contributed by atoms with van der Waals surface area (Å²) in [6.45, 7) is 1.58. The molecule has 0 aromatic heterocycles. The molecule has 2 rings (SSSR count). The van der Waals surface area contributed by atoms with Crippen LogP contribution in [0.3, 0.4) is 0 Å². The molecule has 0 saturated carbocycles. The smallest absolute Gasteiger partial charge is 0.266 e. The molecule has 1 aliphatic heterocycles. The van der Waals surface area contributed by atoms with Gasteiger partial charge in [-0.15, -0.1) is 0 Å². The highest BCUT2D eigenvalue weighted by molar-refractivity contribution is 7.89. The minimum Gasteiger partial charge on any atom is -0.399 e. The fourth-order valence-corrected chi connectivity index (χ4v) is 4.14. The molecule has 0 atom stereocenters. The molecule has 8 nitrogen and oxygen atoms in total. The summed E-state index contributed by atoms with van der Waals surface area (Å²) in [4.78, 5) is 2.00. The summed E-state index contributed by atoms with van der Waals surface area (Å²) in [7, 11) is -7.56. The second-order valence-corrected chi connectivity index (χ2v) is 8.61. The number of benzene rings is 1. The molecule has 1 aliphatic rings.